The standard InChI is InChI=1S/C20H25N7O/c1-14-17(19-21-9-6-12-27(19)24-14)20(28)25-10-5-7-15(13-25)18-23-22-16-8-3-2-4-11-26(16)18/h6,9,12,15H,2-5,7-8,10-11,13H2,1H3. The van der Waals surface area contributed by atoms with Crippen LogP contribution in [-0.2, 0) is 13.0 Å². The number of aryl methyl sites for hydroxylation is 2. The molecule has 0 radical (unpaired) electrons. The molecule has 1 atom stereocenters. The van der Waals surface area contributed by atoms with E-state index in [9.17, 15) is 4.79 Å². The first-order valence-corrected chi connectivity index (χ1v) is 10.2. The van der Waals surface area contributed by atoms with E-state index in [1.54, 1.807) is 10.7 Å². The number of fused-ring (bicyclic) bond motifs is 2. The maximum absolute atomic E-state index is 13.3. The van der Waals surface area contributed by atoms with Gasteiger partial charge in [-0.05, 0) is 38.7 Å². The molecule has 0 saturated carbocycles. The summed E-state index contributed by atoms with van der Waals surface area (Å²) in [5.74, 6) is 2.43. The van der Waals surface area contributed by atoms with Crippen LogP contribution in [-0.4, -0.2) is 53.3 Å². The predicted octanol–water partition coefficient (Wildman–Crippen LogP) is 2.38. The Labute approximate surface area is 163 Å². The fourth-order valence-corrected chi connectivity index (χ4v) is 4.59. The summed E-state index contributed by atoms with van der Waals surface area (Å²) < 4.78 is 4.00. The first-order chi connectivity index (χ1) is 13.7. The second-order valence-electron chi connectivity index (χ2n) is 7.88. The molecule has 0 spiro atoms. The molecular formula is C20H25N7O. The van der Waals surface area contributed by atoms with Crippen LogP contribution in [0.5, 0.6) is 0 Å². The quantitative estimate of drug-likeness (QED) is 0.683. The molecule has 1 unspecified atom stereocenters. The molecule has 5 rings (SSSR count). The van der Waals surface area contributed by atoms with E-state index in [-0.39, 0.29) is 11.8 Å². The Hall–Kier alpha value is -2.77. The topological polar surface area (TPSA) is 81.2 Å². The number of carbonyl (C=O) groups excluding carboxylic acids is 1. The molecule has 2 aliphatic rings. The molecule has 0 bridgehead atoms. The van der Waals surface area contributed by atoms with Gasteiger partial charge in [-0.1, -0.05) is 6.42 Å². The number of hydrogen-bond acceptors (Lipinski definition) is 5. The molecule has 0 aliphatic carbocycles. The van der Waals surface area contributed by atoms with Gasteiger partial charge in [0.15, 0.2) is 5.65 Å². The van der Waals surface area contributed by atoms with Gasteiger partial charge >= 0.3 is 0 Å². The summed E-state index contributed by atoms with van der Waals surface area (Å²) in [6.45, 7) is 4.32. The number of amides is 1. The normalized spacial score (nSPS) is 20.2. The van der Waals surface area contributed by atoms with Crippen molar-refractivity contribution in [1.29, 1.82) is 0 Å². The lowest BCUT2D eigenvalue weighted by Gasteiger charge is -2.32. The lowest BCUT2D eigenvalue weighted by molar-refractivity contribution is 0.0704. The van der Waals surface area contributed by atoms with Crippen LogP contribution in [0.3, 0.4) is 0 Å². The molecule has 0 aromatic carbocycles. The fourth-order valence-electron chi connectivity index (χ4n) is 4.59. The highest BCUT2D eigenvalue weighted by Crippen LogP contribution is 2.29. The number of aromatic nitrogens is 6. The Morgan fingerprint density at radius 1 is 1.14 bits per heavy atom. The van der Waals surface area contributed by atoms with Crippen molar-refractivity contribution in [2.45, 2.75) is 57.9 Å². The van der Waals surface area contributed by atoms with Gasteiger partial charge in [0.1, 0.15) is 17.2 Å². The first-order valence-electron chi connectivity index (χ1n) is 10.2. The fraction of sp³-hybridized carbons (Fsp3) is 0.550. The predicted molar refractivity (Wildman–Crippen MR) is 103 cm³/mol. The van der Waals surface area contributed by atoms with Crippen LogP contribution in [0.25, 0.3) is 5.65 Å². The molecule has 3 aromatic heterocycles. The van der Waals surface area contributed by atoms with Crippen molar-refractivity contribution in [2.75, 3.05) is 13.1 Å². The number of piperidine rings is 1. The van der Waals surface area contributed by atoms with E-state index in [2.05, 4.69) is 24.8 Å². The van der Waals surface area contributed by atoms with Crippen LogP contribution in [0.4, 0.5) is 0 Å². The van der Waals surface area contributed by atoms with Gasteiger partial charge in [-0.3, -0.25) is 4.79 Å². The van der Waals surface area contributed by atoms with Crippen molar-refractivity contribution in [1.82, 2.24) is 34.3 Å². The molecule has 8 nitrogen and oxygen atoms in total. The first kappa shape index (κ1) is 17.3. The third-order valence-corrected chi connectivity index (χ3v) is 6.00. The summed E-state index contributed by atoms with van der Waals surface area (Å²) in [6.07, 6.45) is 10.2. The van der Waals surface area contributed by atoms with Crippen molar-refractivity contribution in [2.24, 2.45) is 0 Å². The maximum atomic E-state index is 13.3. The van der Waals surface area contributed by atoms with Gasteiger partial charge in [-0.25, -0.2) is 9.50 Å². The minimum Gasteiger partial charge on any atom is -0.338 e. The summed E-state index contributed by atoms with van der Waals surface area (Å²) in [5.41, 5.74) is 1.96. The number of nitrogens with zero attached hydrogens (tertiary/aromatic N) is 7. The number of rotatable bonds is 2. The van der Waals surface area contributed by atoms with Crippen LogP contribution in [0.15, 0.2) is 18.5 Å². The van der Waals surface area contributed by atoms with Gasteiger partial charge in [0, 0.05) is 44.4 Å². The van der Waals surface area contributed by atoms with E-state index in [0.29, 0.717) is 17.8 Å². The SMILES string of the molecule is Cc1nn2cccnc2c1C(=O)N1CCCC(c2nnc3n2CCCCC3)C1. The summed E-state index contributed by atoms with van der Waals surface area (Å²) in [7, 11) is 0. The van der Waals surface area contributed by atoms with Crippen LogP contribution in [0.1, 0.15) is 65.7 Å². The third-order valence-electron chi connectivity index (χ3n) is 6.00. The zero-order valence-electron chi connectivity index (χ0n) is 16.2. The van der Waals surface area contributed by atoms with Crippen LogP contribution < -0.4 is 0 Å². The summed E-state index contributed by atoms with van der Waals surface area (Å²) >= 11 is 0. The summed E-state index contributed by atoms with van der Waals surface area (Å²) in [6, 6.07) is 1.82. The Balaban J connectivity index is 1.42. The van der Waals surface area contributed by atoms with Gasteiger partial charge in [-0.15, -0.1) is 10.2 Å². The third kappa shape index (κ3) is 2.87. The van der Waals surface area contributed by atoms with Gasteiger partial charge < -0.3 is 9.47 Å². The Morgan fingerprint density at radius 2 is 2.07 bits per heavy atom. The van der Waals surface area contributed by atoms with Crippen molar-refractivity contribution in [3.05, 3.63) is 41.4 Å². The van der Waals surface area contributed by atoms with E-state index >= 15 is 0 Å². The second-order valence-corrected chi connectivity index (χ2v) is 7.88. The molecular weight excluding hydrogens is 354 g/mol. The monoisotopic (exact) mass is 379 g/mol. The highest BCUT2D eigenvalue weighted by atomic mass is 16.2. The molecule has 5 heterocycles. The van der Waals surface area contributed by atoms with Crippen molar-refractivity contribution in [3.8, 4) is 0 Å². The number of hydrogen-bond donors (Lipinski definition) is 0. The maximum Gasteiger partial charge on any atom is 0.259 e. The molecule has 28 heavy (non-hydrogen) atoms. The van der Waals surface area contributed by atoms with E-state index in [4.69, 9.17) is 0 Å². The van der Waals surface area contributed by atoms with E-state index in [1.807, 2.05) is 24.1 Å². The van der Waals surface area contributed by atoms with Crippen LogP contribution in [0.2, 0.25) is 0 Å². The Kier molecular flexibility index (Phi) is 4.33. The zero-order chi connectivity index (χ0) is 19.1. The molecule has 8 heteroatoms. The molecule has 0 N–H and O–H groups in total. The van der Waals surface area contributed by atoms with Gasteiger partial charge in [0.25, 0.3) is 5.91 Å². The minimum atomic E-state index is 0.0199. The van der Waals surface area contributed by atoms with Crippen molar-refractivity contribution < 1.29 is 4.79 Å². The Morgan fingerprint density at radius 3 is 3.00 bits per heavy atom. The number of likely N-dealkylation sites (tertiary alicyclic amines) is 1. The number of carbonyl (C=O) groups is 1. The van der Waals surface area contributed by atoms with Crippen molar-refractivity contribution >= 4 is 11.6 Å². The van der Waals surface area contributed by atoms with E-state index in [1.165, 1.54) is 19.3 Å². The molecule has 1 saturated heterocycles. The van der Waals surface area contributed by atoms with Crippen LogP contribution >= 0.6 is 0 Å². The highest BCUT2D eigenvalue weighted by molar-refractivity contribution is 6.01. The lowest BCUT2D eigenvalue weighted by atomic mass is 9.96. The van der Waals surface area contributed by atoms with Crippen molar-refractivity contribution in [3.63, 3.8) is 0 Å². The summed E-state index contributed by atoms with van der Waals surface area (Å²) in [5, 5.41) is 13.4. The molecule has 2 aliphatic heterocycles. The smallest absolute Gasteiger partial charge is 0.259 e. The molecule has 1 amide bonds. The largest absolute Gasteiger partial charge is 0.338 e. The minimum absolute atomic E-state index is 0.0199. The average Bonchev–Trinajstić information content (AvgIpc) is 3.19. The van der Waals surface area contributed by atoms with E-state index in [0.717, 1.165) is 49.7 Å². The second kappa shape index (κ2) is 7.00. The lowest BCUT2D eigenvalue weighted by Crippen LogP contribution is -2.40. The molecule has 1 fully saturated rings. The molecule has 3 aromatic rings. The summed E-state index contributed by atoms with van der Waals surface area (Å²) in [4.78, 5) is 19.7. The van der Waals surface area contributed by atoms with Gasteiger partial charge in [-0.2, -0.15) is 5.10 Å². The van der Waals surface area contributed by atoms with Gasteiger partial charge in [0.05, 0.1) is 5.69 Å². The van der Waals surface area contributed by atoms with E-state index < -0.39 is 0 Å². The zero-order valence-corrected chi connectivity index (χ0v) is 16.2. The average molecular weight is 379 g/mol. The molecule has 146 valence electrons. The Bertz CT molecular complexity index is 1020. The van der Waals surface area contributed by atoms with Crippen LogP contribution in [0, 0.1) is 6.92 Å². The van der Waals surface area contributed by atoms with Gasteiger partial charge in [0.2, 0.25) is 0 Å². The highest BCUT2D eigenvalue weighted by Gasteiger charge is 2.32.